The Morgan fingerprint density at radius 1 is 1.38 bits per heavy atom. The molecular formula is C18H24FN3O2. The van der Waals surface area contributed by atoms with Crippen LogP contribution in [-0.2, 0) is 13.0 Å². The quantitative estimate of drug-likeness (QED) is 0.641. The smallest absolute Gasteiger partial charge is 0.274 e. The second kappa shape index (κ2) is 5.79. The number of carbonyl (C=O) groups is 1. The van der Waals surface area contributed by atoms with Gasteiger partial charge in [-0.25, -0.2) is 9.87 Å². The van der Waals surface area contributed by atoms with Crippen molar-refractivity contribution in [1.29, 1.82) is 0 Å². The maximum absolute atomic E-state index is 14.5. The molecular weight excluding hydrogens is 309 g/mol. The van der Waals surface area contributed by atoms with Crippen molar-refractivity contribution in [1.82, 2.24) is 15.3 Å². The monoisotopic (exact) mass is 333 g/mol. The van der Waals surface area contributed by atoms with Crippen LogP contribution < -0.4 is 5.48 Å². The molecule has 2 unspecified atom stereocenters. The first-order valence-corrected chi connectivity index (χ1v) is 8.76. The molecule has 4 rings (SSSR count). The van der Waals surface area contributed by atoms with Gasteiger partial charge in [-0.3, -0.25) is 19.8 Å². The van der Waals surface area contributed by atoms with Gasteiger partial charge in [-0.15, -0.1) is 0 Å². The van der Waals surface area contributed by atoms with Crippen LogP contribution in [0.2, 0.25) is 0 Å². The minimum atomic E-state index is -0.662. The van der Waals surface area contributed by atoms with Crippen molar-refractivity contribution in [2.75, 3.05) is 20.1 Å². The fourth-order valence-electron chi connectivity index (χ4n) is 5.00. The van der Waals surface area contributed by atoms with Crippen LogP contribution in [0.15, 0.2) is 12.1 Å². The molecule has 2 N–H and O–H groups in total. The molecule has 5 nitrogen and oxygen atoms in total. The van der Waals surface area contributed by atoms with Crippen LogP contribution in [0.25, 0.3) is 0 Å². The molecule has 1 aromatic rings. The molecule has 0 radical (unpaired) electrons. The van der Waals surface area contributed by atoms with Crippen molar-refractivity contribution in [3.63, 3.8) is 0 Å². The van der Waals surface area contributed by atoms with Crippen molar-refractivity contribution in [2.24, 2.45) is 0 Å². The van der Waals surface area contributed by atoms with Crippen LogP contribution in [0, 0.1) is 5.82 Å². The minimum absolute atomic E-state index is 0.179. The number of likely N-dealkylation sites (tertiary alicyclic amines) is 1. The van der Waals surface area contributed by atoms with Gasteiger partial charge in [0.05, 0.1) is 0 Å². The Morgan fingerprint density at radius 3 is 2.83 bits per heavy atom. The zero-order valence-corrected chi connectivity index (χ0v) is 14.0. The summed E-state index contributed by atoms with van der Waals surface area (Å²) in [6.45, 7) is 2.67. The van der Waals surface area contributed by atoms with E-state index in [-0.39, 0.29) is 11.4 Å². The maximum atomic E-state index is 14.5. The third-order valence-electron chi connectivity index (χ3n) is 6.46. The lowest BCUT2D eigenvalue weighted by atomic mass is 9.68. The summed E-state index contributed by atoms with van der Waals surface area (Å²) in [6, 6.07) is 3.45. The molecule has 1 aliphatic carbocycles. The molecule has 1 aromatic carbocycles. The largest absolute Gasteiger partial charge is 0.299 e. The topological polar surface area (TPSA) is 55.8 Å². The Labute approximate surface area is 141 Å². The molecule has 24 heavy (non-hydrogen) atoms. The summed E-state index contributed by atoms with van der Waals surface area (Å²) in [5, 5.41) is 8.75. The number of hydrogen-bond acceptors (Lipinski definition) is 4. The van der Waals surface area contributed by atoms with E-state index in [2.05, 4.69) is 16.8 Å². The fourth-order valence-corrected chi connectivity index (χ4v) is 5.00. The van der Waals surface area contributed by atoms with E-state index in [1.54, 1.807) is 11.5 Å². The van der Waals surface area contributed by atoms with Gasteiger partial charge in [0.1, 0.15) is 5.82 Å². The SMILES string of the molecule is CN1CCCC12CCC2N1CCc2cc(C(=O)NO)cc(F)c2C1. The molecule has 130 valence electrons. The van der Waals surface area contributed by atoms with Crippen molar-refractivity contribution in [3.05, 3.63) is 34.6 Å². The van der Waals surface area contributed by atoms with Crippen LogP contribution in [0.5, 0.6) is 0 Å². The molecule has 2 atom stereocenters. The summed E-state index contributed by atoms with van der Waals surface area (Å²) in [6.07, 6.45) is 5.68. The lowest BCUT2D eigenvalue weighted by molar-refractivity contribution is -0.0464. The van der Waals surface area contributed by atoms with Crippen LogP contribution in [-0.4, -0.2) is 52.6 Å². The molecule has 1 saturated carbocycles. The third-order valence-corrected chi connectivity index (χ3v) is 6.46. The summed E-state index contributed by atoms with van der Waals surface area (Å²) >= 11 is 0. The van der Waals surface area contributed by atoms with E-state index in [0.717, 1.165) is 25.1 Å². The predicted molar refractivity (Wildman–Crippen MR) is 87.4 cm³/mol. The van der Waals surface area contributed by atoms with Crippen molar-refractivity contribution >= 4 is 5.91 Å². The summed E-state index contributed by atoms with van der Waals surface area (Å²) in [7, 11) is 2.22. The summed E-state index contributed by atoms with van der Waals surface area (Å²) < 4.78 is 14.5. The molecule has 6 heteroatoms. The summed E-state index contributed by atoms with van der Waals surface area (Å²) in [4.78, 5) is 16.5. The van der Waals surface area contributed by atoms with E-state index in [9.17, 15) is 9.18 Å². The van der Waals surface area contributed by atoms with Crippen LogP contribution in [0.1, 0.15) is 47.2 Å². The van der Waals surface area contributed by atoms with Gasteiger partial charge in [0.15, 0.2) is 0 Å². The van der Waals surface area contributed by atoms with E-state index in [4.69, 9.17) is 5.21 Å². The Balaban J connectivity index is 1.57. The molecule has 2 fully saturated rings. The number of hydrogen-bond donors (Lipinski definition) is 2. The van der Waals surface area contributed by atoms with Crippen LogP contribution in [0.4, 0.5) is 4.39 Å². The Hall–Kier alpha value is -1.50. The number of halogens is 1. The molecule has 1 amide bonds. The Bertz CT molecular complexity index is 680. The van der Waals surface area contributed by atoms with Gasteiger partial charge in [0.2, 0.25) is 0 Å². The summed E-state index contributed by atoms with van der Waals surface area (Å²) in [5.41, 5.74) is 3.65. The standard InChI is InChI=1S/C18H24FN3O2/c1-21-7-2-5-18(21)6-3-16(18)22-8-4-12-9-13(17(23)20-24)10-15(19)14(12)11-22/h9-10,16,24H,2-8,11H2,1H3,(H,20,23). The molecule has 1 spiro atoms. The van der Waals surface area contributed by atoms with Crippen molar-refractivity contribution in [2.45, 2.75) is 50.2 Å². The first-order chi connectivity index (χ1) is 11.5. The highest BCUT2D eigenvalue weighted by Gasteiger charge is 2.54. The third kappa shape index (κ3) is 2.28. The lowest BCUT2D eigenvalue weighted by Crippen LogP contribution is -2.65. The van der Waals surface area contributed by atoms with Gasteiger partial charge in [-0.1, -0.05) is 0 Å². The Morgan fingerprint density at radius 2 is 2.21 bits per heavy atom. The maximum Gasteiger partial charge on any atom is 0.274 e. The van der Waals surface area contributed by atoms with Gasteiger partial charge in [0.25, 0.3) is 5.91 Å². The highest BCUT2D eigenvalue weighted by atomic mass is 19.1. The van der Waals surface area contributed by atoms with Gasteiger partial charge >= 0.3 is 0 Å². The number of amides is 1. The van der Waals surface area contributed by atoms with E-state index >= 15 is 0 Å². The average Bonchev–Trinajstić information content (AvgIpc) is 2.97. The first-order valence-electron chi connectivity index (χ1n) is 8.76. The van der Waals surface area contributed by atoms with Crippen molar-refractivity contribution in [3.8, 4) is 0 Å². The Kier molecular flexibility index (Phi) is 3.86. The second-order valence-electron chi connectivity index (χ2n) is 7.44. The molecule has 2 heterocycles. The van der Waals surface area contributed by atoms with Crippen LogP contribution >= 0.6 is 0 Å². The van der Waals surface area contributed by atoms with E-state index in [0.29, 0.717) is 23.7 Å². The number of rotatable bonds is 2. The highest BCUT2D eigenvalue weighted by molar-refractivity contribution is 5.93. The van der Waals surface area contributed by atoms with Gasteiger partial charge in [-0.2, -0.15) is 0 Å². The normalized spacial score (nSPS) is 30.2. The first kappa shape index (κ1) is 16.0. The lowest BCUT2D eigenvalue weighted by Gasteiger charge is -2.56. The fraction of sp³-hybridized carbons (Fsp3) is 0.611. The minimum Gasteiger partial charge on any atom is -0.299 e. The zero-order chi connectivity index (χ0) is 16.9. The number of likely N-dealkylation sites (N-methyl/N-ethyl adjacent to an activating group) is 1. The van der Waals surface area contributed by atoms with Crippen LogP contribution in [0.3, 0.4) is 0 Å². The number of nitrogens with zero attached hydrogens (tertiary/aromatic N) is 2. The van der Waals surface area contributed by atoms with Gasteiger partial charge < -0.3 is 0 Å². The number of nitrogens with one attached hydrogen (secondary N) is 1. The zero-order valence-electron chi connectivity index (χ0n) is 14.0. The number of hydroxylamine groups is 1. The number of fused-ring (bicyclic) bond motifs is 1. The predicted octanol–water partition coefficient (Wildman–Crippen LogP) is 1.93. The van der Waals surface area contributed by atoms with Crippen molar-refractivity contribution < 1.29 is 14.4 Å². The van der Waals surface area contributed by atoms with Gasteiger partial charge in [-0.05, 0) is 63.4 Å². The molecule has 0 bridgehead atoms. The van der Waals surface area contributed by atoms with E-state index in [1.807, 2.05) is 0 Å². The average molecular weight is 333 g/mol. The molecule has 2 aliphatic heterocycles. The molecule has 1 saturated heterocycles. The number of benzene rings is 1. The highest BCUT2D eigenvalue weighted by Crippen LogP contribution is 2.48. The molecule has 0 aromatic heterocycles. The molecule has 3 aliphatic rings. The van der Waals surface area contributed by atoms with E-state index in [1.165, 1.54) is 31.7 Å². The van der Waals surface area contributed by atoms with Gasteiger partial charge in [0, 0.05) is 35.8 Å². The second-order valence-corrected chi connectivity index (χ2v) is 7.44. The van der Waals surface area contributed by atoms with E-state index < -0.39 is 5.91 Å². The number of carbonyl (C=O) groups excluding carboxylic acids is 1. The summed E-state index contributed by atoms with van der Waals surface area (Å²) in [5.74, 6) is -1.01.